The number of halogens is 2. The molecule has 0 fully saturated rings. The maximum Gasteiger partial charge on any atom is 0.259 e. The van der Waals surface area contributed by atoms with Crippen molar-refractivity contribution in [2.75, 3.05) is 51.7 Å². The number of methoxy groups -OCH3 is 1. The van der Waals surface area contributed by atoms with Gasteiger partial charge in [0.15, 0.2) is 0 Å². The summed E-state index contributed by atoms with van der Waals surface area (Å²) in [6.07, 6.45) is 4.06. The van der Waals surface area contributed by atoms with Crippen molar-refractivity contribution >= 4 is 28.2 Å². The highest BCUT2D eigenvalue weighted by Crippen LogP contribution is 2.33. The van der Waals surface area contributed by atoms with Crippen molar-refractivity contribution in [1.29, 1.82) is 0 Å². The van der Waals surface area contributed by atoms with Crippen LogP contribution in [0, 0.1) is 5.82 Å². The van der Waals surface area contributed by atoms with Gasteiger partial charge in [0.2, 0.25) is 0 Å². The van der Waals surface area contributed by atoms with E-state index in [-0.39, 0.29) is 5.39 Å². The Bertz CT molecular complexity index is 1160. The average molecular weight is 505 g/mol. The molecule has 0 saturated heterocycles. The molecule has 0 saturated carbocycles. The lowest BCUT2D eigenvalue weighted by atomic mass is 10.1. The second kappa shape index (κ2) is 14.0. The van der Waals surface area contributed by atoms with Gasteiger partial charge in [0.1, 0.15) is 17.4 Å². The molecule has 0 unspecified atom stereocenters. The summed E-state index contributed by atoms with van der Waals surface area (Å²) >= 11 is 6.39. The molecule has 3 rings (SSSR count). The van der Waals surface area contributed by atoms with Gasteiger partial charge in [0.25, 0.3) is 5.56 Å². The number of hydrogen-bond donors (Lipinski definition) is 5. The number of benzene rings is 2. The molecule has 190 valence electrons. The smallest absolute Gasteiger partial charge is 0.259 e. The van der Waals surface area contributed by atoms with Crippen LogP contribution in [-0.4, -0.2) is 56.3 Å². The van der Waals surface area contributed by atoms with E-state index in [0.717, 1.165) is 58.4 Å². The number of anilines is 1. The van der Waals surface area contributed by atoms with Crippen LogP contribution in [0.5, 0.6) is 5.75 Å². The zero-order valence-corrected chi connectivity index (χ0v) is 20.8. The van der Waals surface area contributed by atoms with Gasteiger partial charge in [-0.2, -0.15) is 0 Å². The fraction of sp³-hybridized carbons (Fsp3) is 0.440. The summed E-state index contributed by atoms with van der Waals surface area (Å²) in [5.74, 6) is 0.274. The van der Waals surface area contributed by atoms with E-state index < -0.39 is 11.4 Å². The summed E-state index contributed by atoms with van der Waals surface area (Å²) in [4.78, 5) is 19.8. The molecule has 0 atom stereocenters. The van der Waals surface area contributed by atoms with Gasteiger partial charge < -0.3 is 31.4 Å². The van der Waals surface area contributed by atoms with Gasteiger partial charge in [-0.25, -0.2) is 9.37 Å². The molecule has 0 aliphatic carbocycles. The number of hydrogen-bond acceptors (Lipinski definition) is 7. The third-order valence-corrected chi connectivity index (χ3v) is 5.98. The van der Waals surface area contributed by atoms with Gasteiger partial charge >= 0.3 is 0 Å². The topological polar surface area (TPSA) is 117 Å². The highest BCUT2D eigenvalue weighted by molar-refractivity contribution is 6.34. The fourth-order valence-electron chi connectivity index (χ4n) is 3.69. The summed E-state index contributed by atoms with van der Waals surface area (Å²) in [7, 11) is 1.52. The number of unbranched alkanes of at least 4 members (excludes halogenated alkanes) is 1. The van der Waals surface area contributed by atoms with Gasteiger partial charge in [0.05, 0.1) is 28.7 Å². The van der Waals surface area contributed by atoms with E-state index in [0.29, 0.717) is 39.9 Å². The number of ether oxygens (including phenoxy) is 1. The molecule has 0 radical (unpaired) electrons. The SMILES string of the molecule is COc1cccc(-c2nc3cc(NCCCNCCCCNCCCN)c(F)cc3c(=O)[nH]2)c1Cl. The predicted octanol–water partition coefficient (Wildman–Crippen LogP) is 3.50. The summed E-state index contributed by atoms with van der Waals surface area (Å²) in [5.41, 5.74) is 6.24. The van der Waals surface area contributed by atoms with Gasteiger partial charge in [-0.15, -0.1) is 0 Å². The molecule has 0 bridgehead atoms. The van der Waals surface area contributed by atoms with Gasteiger partial charge in [-0.05, 0) is 82.7 Å². The van der Waals surface area contributed by atoms with Crippen LogP contribution in [-0.2, 0) is 0 Å². The van der Waals surface area contributed by atoms with Crippen LogP contribution in [0.25, 0.3) is 22.3 Å². The zero-order valence-electron chi connectivity index (χ0n) is 20.1. The number of rotatable bonds is 15. The minimum atomic E-state index is -0.493. The van der Waals surface area contributed by atoms with Crippen LogP contribution in [0.4, 0.5) is 10.1 Å². The van der Waals surface area contributed by atoms with Crippen molar-refractivity contribution in [3.05, 3.63) is 51.5 Å². The molecule has 1 aromatic heterocycles. The number of aromatic nitrogens is 2. The minimum Gasteiger partial charge on any atom is -0.495 e. The second-order valence-electron chi connectivity index (χ2n) is 8.22. The normalized spacial score (nSPS) is 11.2. The van der Waals surface area contributed by atoms with Crippen molar-refractivity contribution in [1.82, 2.24) is 20.6 Å². The number of H-pyrrole nitrogens is 1. The molecular formula is C25H34ClFN6O2. The van der Waals surface area contributed by atoms with Crippen molar-refractivity contribution in [3.8, 4) is 17.1 Å². The quantitative estimate of drug-likeness (QED) is 0.201. The van der Waals surface area contributed by atoms with Crippen molar-refractivity contribution < 1.29 is 9.13 Å². The van der Waals surface area contributed by atoms with E-state index >= 15 is 0 Å². The maximum absolute atomic E-state index is 14.6. The van der Waals surface area contributed by atoms with Crippen molar-refractivity contribution in [2.45, 2.75) is 25.7 Å². The molecule has 0 amide bonds. The third-order valence-electron chi connectivity index (χ3n) is 5.59. The van der Waals surface area contributed by atoms with Crippen LogP contribution in [0.2, 0.25) is 5.02 Å². The molecule has 10 heteroatoms. The Labute approximate surface area is 209 Å². The lowest BCUT2D eigenvalue weighted by Gasteiger charge is -2.11. The van der Waals surface area contributed by atoms with E-state index in [9.17, 15) is 9.18 Å². The fourth-order valence-corrected chi connectivity index (χ4v) is 3.98. The molecule has 0 spiro atoms. The van der Waals surface area contributed by atoms with Crippen LogP contribution in [0.15, 0.2) is 35.1 Å². The van der Waals surface area contributed by atoms with Crippen LogP contribution < -0.4 is 32.0 Å². The monoisotopic (exact) mass is 504 g/mol. The lowest BCUT2D eigenvalue weighted by Crippen LogP contribution is -2.22. The molecule has 0 aliphatic heterocycles. The van der Waals surface area contributed by atoms with Crippen LogP contribution >= 0.6 is 11.6 Å². The lowest BCUT2D eigenvalue weighted by molar-refractivity contribution is 0.415. The van der Waals surface area contributed by atoms with E-state index in [4.69, 9.17) is 22.1 Å². The standard InChI is InChI=1S/C25H34ClFN6O2/c1-35-22-8-4-7-17(23(22)26)24-32-20-16-21(19(27)15-18(20)25(34)33-24)31-14-6-13-30-11-3-2-10-29-12-5-9-28/h4,7-8,15-16,29-31H,2-3,5-6,9-14,28H2,1H3,(H,32,33,34). The minimum absolute atomic E-state index is 0.176. The zero-order chi connectivity index (χ0) is 25.0. The van der Waals surface area contributed by atoms with Crippen LogP contribution in [0.1, 0.15) is 25.7 Å². The third kappa shape index (κ3) is 7.63. The van der Waals surface area contributed by atoms with E-state index in [1.807, 2.05) is 0 Å². The average Bonchev–Trinajstić information content (AvgIpc) is 2.85. The number of nitrogens with one attached hydrogen (secondary N) is 4. The molecular weight excluding hydrogens is 471 g/mol. The molecule has 6 N–H and O–H groups in total. The first-order valence-corrected chi connectivity index (χ1v) is 12.3. The number of aromatic amines is 1. The van der Waals surface area contributed by atoms with E-state index in [1.165, 1.54) is 13.2 Å². The number of nitrogens with zero attached hydrogens (tertiary/aromatic N) is 1. The van der Waals surface area contributed by atoms with Crippen molar-refractivity contribution in [2.24, 2.45) is 5.73 Å². The Balaban J connectivity index is 1.54. The Morgan fingerprint density at radius 2 is 1.77 bits per heavy atom. The summed E-state index contributed by atoms with van der Waals surface area (Å²) in [5, 5.41) is 10.4. The maximum atomic E-state index is 14.6. The van der Waals surface area contributed by atoms with Gasteiger partial charge in [-0.1, -0.05) is 17.7 Å². The van der Waals surface area contributed by atoms with Gasteiger partial charge in [0, 0.05) is 12.1 Å². The molecule has 1 heterocycles. The predicted molar refractivity (Wildman–Crippen MR) is 141 cm³/mol. The first kappa shape index (κ1) is 26.9. The summed E-state index contributed by atoms with van der Waals surface area (Å²) in [6.45, 7) is 5.08. The van der Waals surface area contributed by atoms with E-state index in [2.05, 4.69) is 25.9 Å². The van der Waals surface area contributed by atoms with E-state index in [1.54, 1.807) is 24.3 Å². The van der Waals surface area contributed by atoms with Crippen LogP contribution in [0.3, 0.4) is 0 Å². The largest absolute Gasteiger partial charge is 0.495 e. The van der Waals surface area contributed by atoms with Crippen molar-refractivity contribution in [3.63, 3.8) is 0 Å². The number of fused-ring (bicyclic) bond motifs is 1. The Morgan fingerprint density at radius 3 is 2.49 bits per heavy atom. The molecule has 35 heavy (non-hydrogen) atoms. The Kier molecular flexibility index (Phi) is 10.7. The first-order valence-electron chi connectivity index (χ1n) is 12.0. The Hall–Kier alpha value is -2.72. The highest BCUT2D eigenvalue weighted by Gasteiger charge is 2.14. The molecule has 0 aliphatic rings. The summed E-state index contributed by atoms with van der Waals surface area (Å²) < 4.78 is 19.8. The first-order chi connectivity index (χ1) is 17.0. The Morgan fingerprint density at radius 1 is 1.06 bits per heavy atom. The molecule has 2 aromatic carbocycles. The van der Waals surface area contributed by atoms with Gasteiger partial charge in [-0.3, -0.25) is 4.79 Å². The second-order valence-corrected chi connectivity index (χ2v) is 8.59. The number of nitrogens with two attached hydrogens (primary N) is 1. The summed E-state index contributed by atoms with van der Waals surface area (Å²) in [6, 6.07) is 7.99. The molecule has 8 nitrogen and oxygen atoms in total. The molecule has 3 aromatic rings. The highest BCUT2D eigenvalue weighted by atomic mass is 35.5.